The summed E-state index contributed by atoms with van der Waals surface area (Å²) in [6, 6.07) is 0. The maximum atomic E-state index is 11.5. The van der Waals surface area contributed by atoms with E-state index in [1.54, 1.807) is 0 Å². The summed E-state index contributed by atoms with van der Waals surface area (Å²) in [6.45, 7) is 0. The molecule has 0 radical (unpaired) electrons. The van der Waals surface area contributed by atoms with Crippen molar-refractivity contribution in [3.8, 4) is 0 Å². The number of carboxylic acids is 1. The molecule has 0 spiro atoms. The third-order valence-electron chi connectivity index (χ3n) is 1.81. The van der Waals surface area contributed by atoms with Crippen LogP contribution in [0.1, 0.15) is 10.4 Å². The Kier molecular flexibility index (Phi) is 1.81. The maximum absolute atomic E-state index is 11.5. The van der Waals surface area contributed by atoms with Crippen molar-refractivity contribution in [3.63, 3.8) is 0 Å². The van der Waals surface area contributed by atoms with Crippen LogP contribution in [-0.2, 0) is 7.05 Å². The zero-order chi connectivity index (χ0) is 10.3. The topological polar surface area (TPSA) is 85.1 Å². The molecule has 0 aliphatic heterocycles. The lowest BCUT2D eigenvalue weighted by atomic mass is 10.2. The van der Waals surface area contributed by atoms with Crippen molar-refractivity contribution in [2.45, 2.75) is 0 Å². The Balaban J connectivity index is 2.99. The number of fused-ring (bicyclic) bond motifs is 1. The minimum atomic E-state index is -1.11. The van der Waals surface area contributed by atoms with Crippen LogP contribution in [0.15, 0.2) is 11.0 Å². The largest absolute Gasteiger partial charge is 0.478 e. The van der Waals surface area contributed by atoms with Crippen molar-refractivity contribution in [1.29, 1.82) is 0 Å². The van der Waals surface area contributed by atoms with E-state index in [4.69, 9.17) is 5.11 Å². The van der Waals surface area contributed by atoms with E-state index in [0.717, 1.165) is 11.5 Å². The highest BCUT2D eigenvalue weighted by Gasteiger charge is 2.15. The van der Waals surface area contributed by atoms with E-state index in [-0.39, 0.29) is 21.3 Å². The van der Waals surface area contributed by atoms with Gasteiger partial charge < -0.3 is 9.67 Å². The van der Waals surface area contributed by atoms with Gasteiger partial charge in [0.15, 0.2) is 0 Å². The molecule has 0 amide bonds. The van der Waals surface area contributed by atoms with Gasteiger partial charge in [0.2, 0.25) is 0 Å². The molecule has 0 atom stereocenters. The number of nitrogens with zero attached hydrogens (tertiary/aromatic N) is 3. The first-order valence-electron chi connectivity index (χ1n) is 3.66. The van der Waals surface area contributed by atoms with Crippen LogP contribution in [0.2, 0.25) is 0 Å². The van der Waals surface area contributed by atoms with Gasteiger partial charge in [-0.3, -0.25) is 4.79 Å². The minimum absolute atomic E-state index is 0.00384. The van der Waals surface area contributed by atoms with Crippen LogP contribution >= 0.6 is 11.5 Å². The molecule has 0 aliphatic rings. The fraction of sp³-hybridized carbons (Fsp3) is 0.143. The van der Waals surface area contributed by atoms with Gasteiger partial charge in [0.25, 0.3) is 5.56 Å². The van der Waals surface area contributed by atoms with Crippen molar-refractivity contribution in [2.24, 2.45) is 7.05 Å². The van der Waals surface area contributed by atoms with Crippen molar-refractivity contribution >= 4 is 27.7 Å². The molecular weight excluding hydrogens is 206 g/mol. The van der Waals surface area contributed by atoms with E-state index in [9.17, 15) is 9.59 Å². The van der Waals surface area contributed by atoms with Gasteiger partial charge in [-0.2, -0.15) is 0 Å². The van der Waals surface area contributed by atoms with E-state index in [1.165, 1.54) is 17.8 Å². The molecule has 0 saturated heterocycles. The number of hydrogen-bond acceptors (Lipinski definition) is 5. The number of carboxylic acid groups (broad SMARTS) is 1. The Labute approximate surface area is 81.6 Å². The number of aromatic nitrogens is 3. The molecule has 0 aromatic carbocycles. The summed E-state index contributed by atoms with van der Waals surface area (Å²) in [5.41, 5.74) is -0.124. The molecule has 14 heavy (non-hydrogen) atoms. The smallest absolute Gasteiger partial charge is 0.339 e. The number of pyridine rings is 1. The first-order valence-corrected chi connectivity index (χ1v) is 4.43. The summed E-state index contributed by atoms with van der Waals surface area (Å²) in [5.74, 6) is -1.11. The number of aromatic carboxylic acids is 1. The highest BCUT2D eigenvalue weighted by molar-refractivity contribution is 7.12. The highest BCUT2D eigenvalue weighted by Crippen LogP contribution is 2.14. The number of carbonyl (C=O) groups is 1. The quantitative estimate of drug-likeness (QED) is 0.722. The average molecular weight is 211 g/mol. The highest BCUT2D eigenvalue weighted by atomic mass is 32.1. The van der Waals surface area contributed by atoms with Gasteiger partial charge in [-0.05, 0) is 11.5 Å². The first-order chi connectivity index (χ1) is 6.61. The van der Waals surface area contributed by atoms with Crippen LogP contribution in [0.5, 0.6) is 0 Å². The molecule has 1 N–H and O–H groups in total. The van der Waals surface area contributed by atoms with Gasteiger partial charge in [-0.1, -0.05) is 4.49 Å². The van der Waals surface area contributed by atoms with Crippen LogP contribution in [0, 0.1) is 0 Å². The Hall–Kier alpha value is -1.76. The van der Waals surface area contributed by atoms with Crippen LogP contribution in [0.3, 0.4) is 0 Å². The van der Waals surface area contributed by atoms with E-state index < -0.39 is 5.97 Å². The van der Waals surface area contributed by atoms with Crippen molar-refractivity contribution < 1.29 is 9.90 Å². The maximum Gasteiger partial charge on any atom is 0.339 e. The van der Waals surface area contributed by atoms with E-state index in [1.807, 2.05) is 0 Å². The lowest BCUT2D eigenvalue weighted by Gasteiger charge is -1.99. The average Bonchev–Trinajstić information content (AvgIpc) is 2.59. The Bertz CT molecular complexity index is 571. The van der Waals surface area contributed by atoms with Gasteiger partial charge in [-0.25, -0.2) is 4.79 Å². The van der Waals surface area contributed by atoms with Crippen LogP contribution < -0.4 is 5.56 Å². The van der Waals surface area contributed by atoms with Gasteiger partial charge in [0.1, 0.15) is 15.8 Å². The Morgan fingerprint density at radius 3 is 3.00 bits per heavy atom. The molecular formula is C7H5N3O3S. The Morgan fingerprint density at radius 1 is 1.64 bits per heavy atom. The van der Waals surface area contributed by atoms with Gasteiger partial charge >= 0.3 is 5.97 Å². The molecule has 0 fully saturated rings. The summed E-state index contributed by atoms with van der Waals surface area (Å²) in [4.78, 5) is 22.3. The zero-order valence-electron chi connectivity index (χ0n) is 7.09. The molecule has 0 saturated carbocycles. The standard InChI is InChI=1S/C7H5N3O3S/c1-10-2-3(7(12)13)4-5(6(10)11)14-9-8-4/h2H,1H3,(H,12,13). The van der Waals surface area contributed by atoms with Crippen molar-refractivity contribution in [3.05, 3.63) is 22.1 Å². The summed E-state index contributed by atoms with van der Waals surface area (Å²) >= 11 is 0.902. The monoisotopic (exact) mass is 211 g/mol. The predicted octanol–water partition coefficient (Wildman–Crippen LogP) is 0.0882. The first kappa shape index (κ1) is 8.82. The molecule has 6 nitrogen and oxygen atoms in total. The summed E-state index contributed by atoms with van der Waals surface area (Å²) in [5, 5.41) is 12.5. The zero-order valence-corrected chi connectivity index (χ0v) is 7.91. The van der Waals surface area contributed by atoms with Gasteiger partial charge in [0, 0.05) is 13.2 Å². The number of rotatable bonds is 1. The predicted molar refractivity (Wildman–Crippen MR) is 49.6 cm³/mol. The van der Waals surface area contributed by atoms with Gasteiger partial charge in [-0.15, -0.1) is 5.10 Å². The number of hydrogen-bond donors (Lipinski definition) is 1. The van der Waals surface area contributed by atoms with E-state index in [2.05, 4.69) is 9.59 Å². The number of aryl methyl sites for hydroxylation is 1. The second-order valence-corrected chi connectivity index (χ2v) is 3.47. The molecule has 2 aromatic heterocycles. The molecule has 2 aromatic rings. The van der Waals surface area contributed by atoms with Crippen molar-refractivity contribution in [1.82, 2.24) is 14.2 Å². The molecule has 2 heterocycles. The fourth-order valence-corrected chi connectivity index (χ4v) is 1.80. The lowest BCUT2D eigenvalue weighted by molar-refractivity contribution is 0.0698. The van der Waals surface area contributed by atoms with E-state index in [0.29, 0.717) is 0 Å². The fourth-order valence-electron chi connectivity index (χ4n) is 1.14. The molecule has 2 rings (SSSR count). The molecule has 72 valence electrons. The molecule has 0 aliphatic carbocycles. The second kappa shape index (κ2) is 2.88. The molecule has 0 bridgehead atoms. The minimum Gasteiger partial charge on any atom is -0.478 e. The summed E-state index contributed by atoms with van der Waals surface area (Å²) in [7, 11) is 1.49. The second-order valence-electron chi connectivity index (χ2n) is 2.71. The third-order valence-corrected chi connectivity index (χ3v) is 2.52. The third kappa shape index (κ3) is 1.10. The summed E-state index contributed by atoms with van der Waals surface area (Å²) in [6.07, 6.45) is 1.24. The van der Waals surface area contributed by atoms with Crippen molar-refractivity contribution in [2.75, 3.05) is 0 Å². The van der Waals surface area contributed by atoms with Crippen LogP contribution in [0.4, 0.5) is 0 Å². The van der Waals surface area contributed by atoms with E-state index >= 15 is 0 Å². The van der Waals surface area contributed by atoms with Gasteiger partial charge in [0.05, 0.1) is 0 Å². The summed E-state index contributed by atoms with van der Waals surface area (Å²) < 4.78 is 5.05. The Morgan fingerprint density at radius 2 is 2.36 bits per heavy atom. The molecule has 7 heteroatoms. The molecule has 0 unspecified atom stereocenters. The van der Waals surface area contributed by atoms with Crippen LogP contribution in [0.25, 0.3) is 10.2 Å². The van der Waals surface area contributed by atoms with Crippen LogP contribution in [-0.4, -0.2) is 25.2 Å². The lowest BCUT2D eigenvalue weighted by Crippen LogP contribution is -2.17. The normalized spacial score (nSPS) is 10.6. The SMILES string of the molecule is Cn1cc(C(=O)O)c2nnsc2c1=O.